The van der Waals surface area contributed by atoms with E-state index in [0.29, 0.717) is 18.2 Å². The van der Waals surface area contributed by atoms with Gasteiger partial charge in [0, 0.05) is 31.0 Å². The van der Waals surface area contributed by atoms with Crippen molar-refractivity contribution in [3.05, 3.63) is 73.1 Å². The molecule has 0 fully saturated rings. The van der Waals surface area contributed by atoms with Gasteiger partial charge in [-0.05, 0) is 23.6 Å². The van der Waals surface area contributed by atoms with E-state index in [1.165, 1.54) is 17.3 Å². The van der Waals surface area contributed by atoms with Crippen LogP contribution in [0.3, 0.4) is 0 Å². The van der Waals surface area contributed by atoms with Crippen LogP contribution in [0, 0.1) is 0 Å². The molecule has 1 N–H and O–H groups in total. The maximum Gasteiger partial charge on any atom is 0.230 e. The van der Waals surface area contributed by atoms with E-state index < -0.39 is 0 Å². The molecule has 3 rings (SSSR count). The first-order valence-electron chi connectivity index (χ1n) is 9.08. The molecule has 144 valence electrons. The Kier molecular flexibility index (Phi) is 6.97. The van der Waals surface area contributed by atoms with Crippen molar-refractivity contribution in [3.63, 3.8) is 0 Å². The van der Waals surface area contributed by atoms with Crippen molar-refractivity contribution in [2.24, 2.45) is 0 Å². The highest BCUT2D eigenvalue weighted by molar-refractivity contribution is 7.99. The van der Waals surface area contributed by atoms with Crippen LogP contribution in [0.5, 0.6) is 0 Å². The number of nitrogens with zero attached hydrogens (tertiary/aromatic N) is 4. The van der Waals surface area contributed by atoms with Gasteiger partial charge >= 0.3 is 0 Å². The largest absolute Gasteiger partial charge is 0.355 e. The molecule has 1 atom stereocenters. The highest BCUT2D eigenvalue weighted by atomic mass is 32.2. The summed E-state index contributed by atoms with van der Waals surface area (Å²) in [6.07, 6.45) is 5.23. The lowest BCUT2D eigenvalue weighted by Crippen LogP contribution is -2.29. The number of benzene rings is 1. The van der Waals surface area contributed by atoms with Crippen LogP contribution in [0.1, 0.15) is 18.4 Å². The Morgan fingerprint density at radius 3 is 2.68 bits per heavy atom. The van der Waals surface area contributed by atoms with E-state index in [9.17, 15) is 4.79 Å². The molecular weight excluding hydrogens is 370 g/mol. The van der Waals surface area contributed by atoms with Crippen LogP contribution >= 0.6 is 11.8 Å². The van der Waals surface area contributed by atoms with Crippen molar-refractivity contribution in [1.82, 2.24) is 25.1 Å². The third-order valence-corrected chi connectivity index (χ3v) is 5.24. The average molecular weight is 394 g/mol. The number of aromatic nitrogens is 4. The summed E-state index contributed by atoms with van der Waals surface area (Å²) < 4.78 is 1.95. The van der Waals surface area contributed by atoms with Gasteiger partial charge in [0.25, 0.3) is 0 Å². The van der Waals surface area contributed by atoms with Crippen molar-refractivity contribution in [3.8, 4) is 11.4 Å². The van der Waals surface area contributed by atoms with Gasteiger partial charge in [-0.3, -0.25) is 14.3 Å². The fraction of sp³-hybridized carbons (Fsp3) is 0.238. The van der Waals surface area contributed by atoms with Gasteiger partial charge in [-0.1, -0.05) is 55.1 Å². The molecule has 2 aromatic heterocycles. The zero-order valence-electron chi connectivity index (χ0n) is 15.8. The maximum atomic E-state index is 12.3. The zero-order chi connectivity index (χ0) is 19.8. The number of rotatable bonds is 9. The first-order valence-corrected chi connectivity index (χ1v) is 10.1. The quantitative estimate of drug-likeness (QED) is 0.445. The van der Waals surface area contributed by atoms with E-state index in [2.05, 4.69) is 46.1 Å². The molecule has 6 nitrogen and oxygen atoms in total. The van der Waals surface area contributed by atoms with Crippen LogP contribution in [0.2, 0.25) is 0 Å². The zero-order valence-corrected chi connectivity index (χ0v) is 16.6. The minimum Gasteiger partial charge on any atom is -0.355 e. The maximum absolute atomic E-state index is 12.3. The number of hydrogen-bond donors (Lipinski definition) is 1. The molecule has 3 aromatic rings. The number of amides is 1. The van der Waals surface area contributed by atoms with E-state index in [1.54, 1.807) is 18.5 Å². The molecule has 7 heteroatoms. The summed E-state index contributed by atoms with van der Waals surface area (Å²) in [5, 5.41) is 12.2. The number of thioether (sulfide) groups is 1. The van der Waals surface area contributed by atoms with Gasteiger partial charge in [-0.25, -0.2) is 0 Å². The van der Waals surface area contributed by atoms with Crippen molar-refractivity contribution in [2.75, 3.05) is 12.3 Å². The summed E-state index contributed by atoms with van der Waals surface area (Å²) in [5.74, 6) is 1.26. The number of pyridine rings is 1. The minimum atomic E-state index is -0.0219. The topological polar surface area (TPSA) is 72.7 Å². The molecule has 0 aliphatic carbocycles. The smallest absolute Gasteiger partial charge is 0.230 e. The Bertz CT molecular complexity index is 911. The number of hydrogen-bond acceptors (Lipinski definition) is 5. The van der Waals surface area contributed by atoms with Crippen LogP contribution in [0.15, 0.2) is 72.7 Å². The number of carbonyl (C=O) groups excluding carboxylic acids is 1. The molecule has 1 unspecified atom stereocenters. The van der Waals surface area contributed by atoms with Gasteiger partial charge in [-0.2, -0.15) is 0 Å². The van der Waals surface area contributed by atoms with Crippen LogP contribution in [-0.2, 0) is 11.3 Å². The third-order valence-electron chi connectivity index (χ3n) is 4.27. The van der Waals surface area contributed by atoms with Crippen LogP contribution in [0.4, 0.5) is 0 Å². The minimum absolute atomic E-state index is 0.0219. The van der Waals surface area contributed by atoms with E-state index in [1.807, 2.05) is 34.9 Å². The highest BCUT2D eigenvalue weighted by Crippen LogP contribution is 2.23. The van der Waals surface area contributed by atoms with Gasteiger partial charge < -0.3 is 5.32 Å². The van der Waals surface area contributed by atoms with E-state index in [0.717, 1.165) is 11.4 Å². The Labute approximate surface area is 169 Å². The van der Waals surface area contributed by atoms with E-state index in [4.69, 9.17) is 0 Å². The van der Waals surface area contributed by atoms with Crippen molar-refractivity contribution >= 4 is 17.7 Å². The molecular formula is C21H23N5OS. The number of allylic oxidation sites excluding steroid dienone is 1. The lowest BCUT2D eigenvalue weighted by atomic mass is 10.0. The lowest BCUT2D eigenvalue weighted by molar-refractivity contribution is -0.118. The van der Waals surface area contributed by atoms with Crippen molar-refractivity contribution in [2.45, 2.75) is 24.5 Å². The van der Waals surface area contributed by atoms with Crippen LogP contribution in [0.25, 0.3) is 11.4 Å². The number of carbonyl (C=O) groups is 1. The van der Waals surface area contributed by atoms with Gasteiger partial charge in [0.1, 0.15) is 0 Å². The monoisotopic (exact) mass is 393 g/mol. The predicted octanol–water partition coefficient (Wildman–Crippen LogP) is 3.54. The fourth-order valence-electron chi connectivity index (χ4n) is 2.75. The molecule has 0 radical (unpaired) electrons. The van der Waals surface area contributed by atoms with Crippen LogP contribution < -0.4 is 5.32 Å². The fourth-order valence-corrected chi connectivity index (χ4v) is 3.53. The SMILES string of the molecule is C=CCn1c(SCC(=O)NCC(C)c2ccccc2)nnc1-c1ccncc1. The molecule has 0 bridgehead atoms. The molecule has 28 heavy (non-hydrogen) atoms. The van der Waals surface area contributed by atoms with E-state index in [-0.39, 0.29) is 17.6 Å². The average Bonchev–Trinajstić information content (AvgIpc) is 3.14. The summed E-state index contributed by atoms with van der Waals surface area (Å²) in [6.45, 7) is 7.08. The highest BCUT2D eigenvalue weighted by Gasteiger charge is 2.15. The van der Waals surface area contributed by atoms with Crippen molar-refractivity contribution < 1.29 is 4.79 Å². The summed E-state index contributed by atoms with van der Waals surface area (Å²) in [5.41, 5.74) is 2.14. The Hall–Kier alpha value is -2.93. The molecule has 0 saturated heterocycles. The second-order valence-electron chi connectivity index (χ2n) is 6.35. The molecule has 0 aliphatic heterocycles. The summed E-state index contributed by atoms with van der Waals surface area (Å²) in [7, 11) is 0. The molecule has 2 heterocycles. The Morgan fingerprint density at radius 1 is 1.21 bits per heavy atom. The molecule has 1 amide bonds. The Morgan fingerprint density at radius 2 is 1.96 bits per heavy atom. The van der Waals surface area contributed by atoms with Gasteiger partial charge in [0.15, 0.2) is 11.0 Å². The molecule has 0 spiro atoms. The molecule has 0 aliphatic rings. The third kappa shape index (κ3) is 5.07. The van der Waals surface area contributed by atoms with Gasteiger partial charge in [0.05, 0.1) is 5.75 Å². The standard InChI is InChI=1S/C21H23N5OS/c1-3-13-26-20(18-9-11-22-12-10-18)24-25-21(26)28-15-19(27)23-14-16(2)17-7-5-4-6-8-17/h3-12,16H,1,13-15H2,2H3,(H,23,27). The Balaban J connectivity index is 1.59. The lowest BCUT2D eigenvalue weighted by Gasteiger charge is -2.13. The molecule has 0 saturated carbocycles. The summed E-state index contributed by atoms with van der Waals surface area (Å²) >= 11 is 1.37. The number of nitrogens with one attached hydrogen (secondary N) is 1. The van der Waals surface area contributed by atoms with Crippen molar-refractivity contribution in [1.29, 1.82) is 0 Å². The normalized spacial score (nSPS) is 11.8. The van der Waals surface area contributed by atoms with Gasteiger partial charge in [-0.15, -0.1) is 16.8 Å². The summed E-state index contributed by atoms with van der Waals surface area (Å²) in [4.78, 5) is 16.3. The van der Waals surface area contributed by atoms with E-state index >= 15 is 0 Å². The summed E-state index contributed by atoms with van der Waals surface area (Å²) in [6, 6.07) is 13.9. The van der Waals surface area contributed by atoms with Gasteiger partial charge in [0.2, 0.25) is 5.91 Å². The molecule has 1 aromatic carbocycles. The second kappa shape index (κ2) is 9.85. The first kappa shape index (κ1) is 19.8. The van der Waals surface area contributed by atoms with Crippen LogP contribution in [-0.4, -0.2) is 38.0 Å². The predicted molar refractivity (Wildman–Crippen MR) is 112 cm³/mol. The first-order chi connectivity index (χ1) is 13.7. The second-order valence-corrected chi connectivity index (χ2v) is 7.29.